The molecule has 2 spiro atoms. The zero-order valence-corrected chi connectivity index (χ0v) is 16.3. The van der Waals surface area contributed by atoms with Crippen LogP contribution in [-0.4, -0.2) is 29.1 Å². The molecular weight excluding hydrogens is 340 g/mol. The van der Waals surface area contributed by atoms with Crippen LogP contribution in [0.1, 0.15) is 71.6 Å². The molecule has 144 valence electrons. The van der Waals surface area contributed by atoms with Crippen molar-refractivity contribution in [1.82, 2.24) is 0 Å². The zero-order valence-electron chi connectivity index (χ0n) is 16.3. The Morgan fingerprint density at radius 2 is 1.93 bits per heavy atom. The summed E-state index contributed by atoms with van der Waals surface area (Å²) in [5.41, 5.74) is 2.90. The lowest BCUT2D eigenvalue weighted by Gasteiger charge is -2.56. The highest BCUT2D eigenvalue weighted by Crippen LogP contribution is 2.81. The van der Waals surface area contributed by atoms with Crippen LogP contribution in [0.2, 0.25) is 0 Å². The Morgan fingerprint density at radius 1 is 1.07 bits per heavy atom. The van der Waals surface area contributed by atoms with E-state index < -0.39 is 0 Å². The van der Waals surface area contributed by atoms with Crippen LogP contribution in [0.4, 0.5) is 0 Å². The van der Waals surface area contributed by atoms with Crippen molar-refractivity contribution in [3.63, 3.8) is 0 Å². The number of ether oxygens (including phenoxy) is 2. The maximum absolute atomic E-state index is 12.2. The molecule has 2 aliphatic heterocycles. The van der Waals surface area contributed by atoms with E-state index in [1.807, 2.05) is 0 Å². The first-order chi connectivity index (χ1) is 12.8. The van der Waals surface area contributed by atoms with Crippen LogP contribution in [0.15, 0.2) is 11.1 Å². The number of Topliss-reactive ketones (excluding diaryl/α,β-unsaturated/α-hetero) is 1. The SMILES string of the molecule is CC12CCC(=O)CC1=C1CC1C1C3CC[C@@]4(CCC(=O)O4)C3(C)CC3OC312. The standard InChI is InChI=1S/C23H28O4/c1-20-6-3-12(24)9-16(20)13-10-14(13)19-15-4-7-22(8-5-18(25)27-22)21(15,2)11-17-23(19,20)26-17/h14-15,17,19H,3-11H2,1-2H3/t14?,15?,17?,19?,20?,21?,22-,23?/m1/s1. The minimum absolute atomic E-state index is 0.00104. The normalized spacial score (nSPS) is 59.6. The third-order valence-corrected chi connectivity index (χ3v) is 10.4. The van der Waals surface area contributed by atoms with Crippen LogP contribution in [0.25, 0.3) is 0 Å². The molecule has 7 aliphatic rings. The molecule has 7 rings (SSSR count). The van der Waals surface area contributed by atoms with Gasteiger partial charge in [0.2, 0.25) is 0 Å². The van der Waals surface area contributed by atoms with Crippen molar-refractivity contribution in [2.45, 2.75) is 88.9 Å². The summed E-state index contributed by atoms with van der Waals surface area (Å²) in [5.74, 6) is 2.20. The molecule has 6 fully saturated rings. The van der Waals surface area contributed by atoms with Crippen molar-refractivity contribution in [2.24, 2.45) is 28.6 Å². The summed E-state index contributed by atoms with van der Waals surface area (Å²) < 4.78 is 12.8. The lowest BCUT2D eigenvalue weighted by Crippen LogP contribution is -2.60. The van der Waals surface area contributed by atoms with Gasteiger partial charge in [-0.2, -0.15) is 0 Å². The summed E-state index contributed by atoms with van der Waals surface area (Å²) in [4.78, 5) is 24.3. The van der Waals surface area contributed by atoms with Crippen LogP contribution >= 0.6 is 0 Å². The number of esters is 1. The smallest absolute Gasteiger partial charge is 0.306 e. The Morgan fingerprint density at radius 3 is 2.70 bits per heavy atom. The molecule has 27 heavy (non-hydrogen) atoms. The van der Waals surface area contributed by atoms with Crippen LogP contribution in [0.5, 0.6) is 0 Å². The third kappa shape index (κ3) is 1.47. The highest BCUT2D eigenvalue weighted by atomic mass is 16.6. The third-order valence-electron chi connectivity index (χ3n) is 10.4. The van der Waals surface area contributed by atoms with E-state index in [2.05, 4.69) is 13.8 Å². The number of hydrogen-bond donors (Lipinski definition) is 0. The summed E-state index contributed by atoms with van der Waals surface area (Å²) in [6.45, 7) is 4.81. The molecule has 7 unspecified atom stereocenters. The molecule has 0 bridgehead atoms. The van der Waals surface area contributed by atoms with Crippen molar-refractivity contribution >= 4 is 11.8 Å². The predicted octanol–water partition coefficient (Wildman–Crippen LogP) is 3.73. The summed E-state index contributed by atoms with van der Waals surface area (Å²) in [5, 5.41) is 0. The largest absolute Gasteiger partial charge is 0.458 e. The zero-order chi connectivity index (χ0) is 18.4. The highest BCUT2D eigenvalue weighted by Gasteiger charge is 2.84. The van der Waals surface area contributed by atoms with E-state index in [1.54, 1.807) is 5.57 Å². The first kappa shape index (κ1) is 15.7. The van der Waals surface area contributed by atoms with E-state index >= 15 is 0 Å². The second kappa shape index (κ2) is 4.22. The quantitative estimate of drug-likeness (QED) is 0.371. The first-order valence-corrected chi connectivity index (χ1v) is 11.0. The number of carbonyl (C=O) groups is 2. The molecule has 0 radical (unpaired) electrons. The lowest BCUT2D eigenvalue weighted by atomic mass is 9.46. The maximum Gasteiger partial charge on any atom is 0.306 e. The Hall–Kier alpha value is -1.16. The van der Waals surface area contributed by atoms with Crippen LogP contribution < -0.4 is 0 Å². The minimum atomic E-state index is -0.241. The van der Waals surface area contributed by atoms with Crippen molar-refractivity contribution in [1.29, 1.82) is 0 Å². The van der Waals surface area contributed by atoms with Gasteiger partial charge in [-0.25, -0.2) is 0 Å². The van der Waals surface area contributed by atoms with Gasteiger partial charge in [-0.3, -0.25) is 9.59 Å². The Balaban J connectivity index is 1.36. The second-order valence-electron chi connectivity index (χ2n) is 11.0. The van der Waals surface area contributed by atoms with Crippen molar-refractivity contribution in [3.8, 4) is 0 Å². The average molecular weight is 368 g/mol. The summed E-state index contributed by atoms with van der Waals surface area (Å²) in [6, 6.07) is 0. The molecule has 4 heteroatoms. The molecule has 4 nitrogen and oxygen atoms in total. The number of fused-ring (bicyclic) bond motifs is 6. The van der Waals surface area contributed by atoms with E-state index in [0.717, 1.165) is 25.7 Å². The molecule has 0 aromatic heterocycles. The molecule has 5 aliphatic carbocycles. The molecule has 2 saturated heterocycles. The molecule has 4 saturated carbocycles. The Labute approximate surface area is 160 Å². The molecule has 8 atom stereocenters. The fraction of sp³-hybridized carbons (Fsp3) is 0.826. The van der Waals surface area contributed by atoms with Gasteiger partial charge in [0.05, 0.1) is 6.10 Å². The van der Waals surface area contributed by atoms with Gasteiger partial charge >= 0.3 is 5.97 Å². The molecule has 0 N–H and O–H groups in total. The molecule has 0 amide bonds. The van der Waals surface area contributed by atoms with E-state index in [1.165, 1.54) is 18.4 Å². The highest BCUT2D eigenvalue weighted by molar-refractivity contribution is 5.84. The van der Waals surface area contributed by atoms with E-state index in [0.29, 0.717) is 42.8 Å². The van der Waals surface area contributed by atoms with Gasteiger partial charge in [-0.1, -0.05) is 25.0 Å². The number of epoxide rings is 1. The summed E-state index contributed by atoms with van der Waals surface area (Å²) in [6.07, 6.45) is 8.54. The van der Waals surface area contributed by atoms with Crippen molar-refractivity contribution in [3.05, 3.63) is 11.1 Å². The van der Waals surface area contributed by atoms with Crippen molar-refractivity contribution in [2.75, 3.05) is 0 Å². The number of rotatable bonds is 0. The van der Waals surface area contributed by atoms with E-state index in [-0.39, 0.29) is 34.1 Å². The van der Waals surface area contributed by atoms with Crippen LogP contribution in [0, 0.1) is 28.6 Å². The number of hydrogen-bond acceptors (Lipinski definition) is 4. The molecule has 0 aromatic rings. The van der Waals surface area contributed by atoms with Crippen molar-refractivity contribution < 1.29 is 19.1 Å². The maximum atomic E-state index is 12.2. The topological polar surface area (TPSA) is 55.9 Å². The van der Waals surface area contributed by atoms with E-state index in [4.69, 9.17) is 9.47 Å². The average Bonchev–Trinajstić information content (AvgIpc) is 3.49. The summed E-state index contributed by atoms with van der Waals surface area (Å²) >= 11 is 0. The van der Waals surface area contributed by atoms with Gasteiger partial charge < -0.3 is 9.47 Å². The van der Waals surface area contributed by atoms with Gasteiger partial charge in [0, 0.05) is 36.0 Å². The fourth-order valence-electron chi connectivity index (χ4n) is 9.04. The first-order valence-electron chi connectivity index (χ1n) is 11.0. The second-order valence-corrected chi connectivity index (χ2v) is 11.0. The molecule has 0 aromatic carbocycles. The predicted molar refractivity (Wildman–Crippen MR) is 96.7 cm³/mol. The van der Waals surface area contributed by atoms with Gasteiger partial charge in [0.1, 0.15) is 17.0 Å². The fourth-order valence-corrected chi connectivity index (χ4v) is 9.04. The lowest BCUT2D eigenvalue weighted by molar-refractivity contribution is -0.164. The number of allylic oxidation sites excluding steroid dienone is 1. The number of carbonyl (C=O) groups excluding carboxylic acids is 2. The Kier molecular flexibility index (Phi) is 2.46. The van der Waals surface area contributed by atoms with Gasteiger partial charge in [-0.15, -0.1) is 0 Å². The molecule has 2 heterocycles. The van der Waals surface area contributed by atoms with Crippen LogP contribution in [-0.2, 0) is 19.1 Å². The van der Waals surface area contributed by atoms with Gasteiger partial charge in [-0.05, 0) is 50.4 Å². The summed E-state index contributed by atoms with van der Waals surface area (Å²) in [7, 11) is 0. The van der Waals surface area contributed by atoms with Gasteiger partial charge in [0.15, 0.2) is 0 Å². The minimum Gasteiger partial charge on any atom is -0.458 e. The Bertz CT molecular complexity index is 858. The van der Waals surface area contributed by atoms with Crippen LogP contribution in [0.3, 0.4) is 0 Å². The van der Waals surface area contributed by atoms with E-state index in [9.17, 15) is 9.59 Å². The molecular formula is C23H28O4. The monoisotopic (exact) mass is 368 g/mol. The van der Waals surface area contributed by atoms with Gasteiger partial charge in [0.25, 0.3) is 0 Å². The number of ketones is 1.